The maximum absolute atomic E-state index is 9.48. The molecule has 0 aliphatic heterocycles. The van der Waals surface area contributed by atoms with E-state index in [0.29, 0.717) is 12.1 Å². The number of rotatable bonds is 3. The van der Waals surface area contributed by atoms with E-state index in [4.69, 9.17) is 10.2 Å². The third kappa shape index (κ3) is 3.63. The molecule has 0 bridgehead atoms. The van der Waals surface area contributed by atoms with Crippen molar-refractivity contribution in [3.05, 3.63) is 23.8 Å². The van der Waals surface area contributed by atoms with Crippen molar-refractivity contribution in [2.45, 2.75) is 6.10 Å². The first-order valence-corrected chi connectivity index (χ1v) is 3.99. The minimum Gasteiger partial charge on any atom is -1.00 e. The van der Waals surface area contributed by atoms with Crippen LogP contribution in [0.5, 0.6) is 11.5 Å². The van der Waals surface area contributed by atoms with Crippen molar-refractivity contribution in [3.63, 3.8) is 0 Å². The van der Waals surface area contributed by atoms with Crippen molar-refractivity contribution >= 4 is 37.7 Å². The van der Waals surface area contributed by atoms with Gasteiger partial charge in [-0.15, -0.1) is 0 Å². The average Bonchev–Trinajstić information content (AvgIpc) is 2.10. The minimum atomic E-state index is -0.670. The summed E-state index contributed by atoms with van der Waals surface area (Å²) in [4.78, 5) is 0. The molecule has 0 spiro atoms. The molecule has 0 heterocycles. The maximum Gasteiger partial charge on any atom is 2.00 e. The van der Waals surface area contributed by atoms with E-state index in [2.05, 4.69) is 5.32 Å². The van der Waals surface area contributed by atoms with Crippen LogP contribution in [0, 0.1) is 0 Å². The molecule has 1 atom stereocenters. The molecule has 1 rings (SSSR count). The van der Waals surface area contributed by atoms with E-state index < -0.39 is 6.10 Å². The summed E-state index contributed by atoms with van der Waals surface area (Å²) in [6, 6.07) is 4.26. The van der Waals surface area contributed by atoms with Crippen LogP contribution in [-0.4, -0.2) is 66.7 Å². The van der Waals surface area contributed by atoms with E-state index in [9.17, 15) is 5.11 Å². The summed E-state index contributed by atoms with van der Waals surface area (Å²) in [5, 5.41) is 30.4. The summed E-state index contributed by atoms with van der Waals surface area (Å²) < 4.78 is 0. The van der Waals surface area contributed by atoms with Gasteiger partial charge in [0.2, 0.25) is 0 Å². The van der Waals surface area contributed by atoms with E-state index in [1.165, 1.54) is 12.1 Å². The van der Waals surface area contributed by atoms with Crippen LogP contribution in [0.2, 0.25) is 0 Å². The molecule has 0 amide bonds. The molecule has 4 nitrogen and oxygen atoms in total. The zero-order chi connectivity index (χ0) is 9.84. The van der Waals surface area contributed by atoms with Crippen LogP contribution < -0.4 is 5.32 Å². The number of nitrogens with one attached hydrogen (secondary N) is 1. The predicted molar refractivity (Wildman–Crippen MR) is 56.6 cm³/mol. The third-order valence-electron chi connectivity index (χ3n) is 1.78. The van der Waals surface area contributed by atoms with Gasteiger partial charge in [-0.05, 0) is 24.7 Å². The van der Waals surface area contributed by atoms with E-state index in [1.54, 1.807) is 13.1 Å². The molecule has 0 fully saturated rings. The largest absolute Gasteiger partial charge is 2.00 e. The van der Waals surface area contributed by atoms with Gasteiger partial charge < -0.3 is 23.5 Å². The van der Waals surface area contributed by atoms with E-state index in [1.807, 2.05) is 0 Å². The van der Waals surface area contributed by atoms with E-state index >= 15 is 0 Å². The van der Waals surface area contributed by atoms with Gasteiger partial charge in [-0.2, -0.15) is 0 Å². The fraction of sp³-hybridized carbons (Fsp3) is 0.333. The first kappa shape index (κ1) is 14.0. The summed E-state index contributed by atoms with van der Waals surface area (Å²) in [6.07, 6.45) is -0.670. The minimum absolute atomic E-state index is 0. The van der Waals surface area contributed by atoms with E-state index in [0.717, 1.165) is 0 Å². The summed E-state index contributed by atoms with van der Waals surface area (Å²) in [6.45, 7) is 0.407. The molecular formula is C9H15CaNO3. The van der Waals surface area contributed by atoms with Crippen LogP contribution in [0.15, 0.2) is 18.2 Å². The number of aliphatic hydroxyl groups excluding tert-OH is 1. The van der Waals surface area contributed by atoms with Gasteiger partial charge in [-0.3, -0.25) is 0 Å². The van der Waals surface area contributed by atoms with Crippen LogP contribution >= 0.6 is 0 Å². The first-order chi connectivity index (χ1) is 6.15. The number of likely N-dealkylation sites (N-methyl/N-ethyl adjacent to an activating group) is 1. The first-order valence-electron chi connectivity index (χ1n) is 3.99. The molecule has 1 aromatic rings. The summed E-state index contributed by atoms with van der Waals surface area (Å²) >= 11 is 0. The molecule has 76 valence electrons. The molecule has 0 aliphatic rings. The van der Waals surface area contributed by atoms with Gasteiger partial charge in [-0.1, -0.05) is 6.07 Å². The Morgan fingerprint density at radius 3 is 2.50 bits per heavy atom. The predicted octanol–water partition coefficient (Wildman–Crippen LogP) is 0.195. The van der Waals surface area contributed by atoms with Crippen molar-refractivity contribution in [1.29, 1.82) is 0 Å². The zero-order valence-corrected chi connectivity index (χ0v) is 10.3. The van der Waals surface area contributed by atoms with Crippen molar-refractivity contribution in [2.24, 2.45) is 0 Å². The molecule has 1 unspecified atom stereocenters. The fourth-order valence-corrected chi connectivity index (χ4v) is 1.06. The van der Waals surface area contributed by atoms with Crippen molar-refractivity contribution in [1.82, 2.24) is 5.32 Å². The molecule has 0 saturated carbocycles. The molecule has 5 heteroatoms. The summed E-state index contributed by atoms with van der Waals surface area (Å²) in [5.41, 5.74) is 0.574. The average molecular weight is 225 g/mol. The second kappa shape index (κ2) is 6.48. The Balaban J connectivity index is -0.000000563. The Labute approximate surface area is 116 Å². The van der Waals surface area contributed by atoms with Gasteiger partial charge in [0.25, 0.3) is 0 Å². The molecule has 0 aromatic heterocycles. The van der Waals surface area contributed by atoms with Crippen LogP contribution in [0.25, 0.3) is 0 Å². The Morgan fingerprint density at radius 1 is 1.36 bits per heavy atom. The molecule has 1 aromatic carbocycles. The van der Waals surface area contributed by atoms with Crippen LogP contribution in [0.4, 0.5) is 0 Å². The van der Waals surface area contributed by atoms with Gasteiger partial charge >= 0.3 is 37.7 Å². The Hall–Kier alpha value is -0.000260. The topological polar surface area (TPSA) is 72.7 Å². The number of benzene rings is 1. The SMILES string of the molecule is CNCC(O)c1ccc(O)c(O)c1.[Ca+2].[H-].[H-]. The summed E-state index contributed by atoms with van der Waals surface area (Å²) in [5.74, 6) is -0.395. The number of hydrogen-bond donors (Lipinski definition) is 4. The van der Waals surface area contributed by atoms with Gasteiger partial charge in [-0.25, -0.2) is 0 Å². The molecule has 0 saturated heterocycles. The second-order valence-electron chi connectivity index (χ2n) is 2.82. The maximum atomic E-state index is 9.48. The van der Waals surface area contributed by atoms with Crippen molar-refractivity contribution in [2.75, 3.05) is 13.6 Å². The Kier molecular flexibility index (Phi) is 6.48. The molecule has 0 radical (unpaired) electrons. The Morgan fingerprint density at radius 2 is 2.00 bits per heavy atom. The fourth-order valence-electron chi connectivity index (χ4n) is 1.06. The van der Waals surface area contributed by atoms with Crippen molar-refractivity contribution in [3.8, 4) is 11.5 Å². The molecular weight excluding hydrogens is 210 g/mol. The number of phenols is 2. The van der Waals surface area contributed by atoms with Crippen molar-refractivity contribution < 1.29 is 18.2 Å². The van der Waals surface area contributed by atoms with Crippen LogP contribution in [-0.2, 0) is 0 Å². The Bertz CT molecular complexity index is 302. The van der Waals surface area contributed by atoms with Gasteiger partial charge in [0, 0.05) is 6.54 Å². The zero-order valence-electron chi connectivity index (χ0n) is 10.1. The normalized spacial score (nSPS) is 11.9. The number of phenolic OH excluding ortho intramolecular Hbond substituents is 2. The van der Waals surface area contributed by atoms with Gasteiger partial charge in [0.1, 0.15) is 0 Å². The standard InChI is InChI=1S/C9H13NO3.Ca.2H/c1-10-5-9(13)6-2-3-7(11)8(12)4-6;;;/h2-4,9-13H,5H2,1H3;;;/q;+2;2*-1. The smallest absolute Gasteiger partial charge is 1.00 e. The second-order valence-corrected chi connectivity index (χ2v) is 2.82. The van der Waals surface area contributed by atoms with Gasteiger partial charge in [0.15, 0.2) is 11.5 Å². The quantitative estimate of drug-likeness (QED) is 0.438. The third-order valence-corrected chi connectivity index (χ3v) is 1.78. The van der Waals surface area contributed by atoms with Gasteiger partial charge in [0.05, 0.1) is 6.10 Å². The summed E-state index contributed by atoms with van der Waals surface area (Å²) in [7, 11) is 1.73. The molecule has 0 aliphatic carbocycles. The number of aliphatic hydroxyl groups is 1. The molecule has 4 N–H and O–H groups in total. The van der Waals surface area contributed by atoms with Crippen LogP contribution in [0.1, 0.15) is 14.5 Å². The number of hydrogen-bond acceptors (Lipinski definition) is 4. The van der Waals surface area contributed by atoms with E-state index in [-0.39, 0.29) is 52.1 Å². The molecule has 14 heavy (non-hydrogen) atoms. The monoisotopic (exact) mass is 225 g/mol. The van der Waals surface area contributed by atoms with Crippen LogP contribution in [0.3, 0.4) is 0 Å². The number of aromatic hydroxyl groups is 2.